The SMILES string of the molecule is Oc1ccc2cccc(NCc3cnc(Cl)s3)c2c1. The summed E-state index contributed by atoms with van der Waals surface area (Å²) in [7, 11) is 0. The number of rotatable bonds is 3. The van der Waals surface area contributed by atoms with Crippen LogP contribution in [0.2, 0.25) is 4.47 Å². The summed E-state index contributed by atoms with van der Waals surface area (Å²) in [6.45, 7) is 0.666. The lowest BCUT2D eigenvalue weighted by Gasteiger charge is -2.09. The van der Waals surface area contributed by atoms with Crippen molar-refractivity contribution in [2.45, 2.75) is 6.54 Å². The summed E-state index contributed by atoms with van der Waals surface area (Å²) in [6, 6.07) is 11.3. The largest absolute Gasteiger partial charge is 0.508 e. The van der Waals surface area contributed by atoms with E-state index in [4.69, 9.17) is 11.6 Å². The molecule has 1 heterocycles. The number of hydrogen-bond acceptors (Lipinski definition) is 4. The minimum absolute atomic E-state index is 0.266. The standard InChI is InChI=1S/C14H11ClN2OS/c15-14-17-8-11(19-14)7-16-13-3-1-2-9-4-5-10(18)6-12(9)13/h1-6,8,16,18H,7H2. The lowest BCUT2D eigenvalue weighted by atomic mass is 10.1. The summed E-state index contributed by atoms with van der Waals surface area (Å²) >= 11 is 7.26. The van der Waals surface area contributed by atoms with Gasteiger partial charge < -0.3 is 10.4 Å². The van der Waals surface area contributed by atoms with Gasteiger partial charge in [-0.25, -0.2) is 4.98 Å². The Hall–Kier alpha value is -1.78. The number of hydrogen-bond donors (Lipinski definition) is 2. The summed E-state index contributed by atoms with van der Waals surface area (Å²) in [6.07, 6.45) is 1.77. The van der Waals surface area contributed by atoms with E-state index in [1.54, 1.807) is 18.3 Å². The molecule has 0 spiro atoms. The Morgan fingerprint density at radius 3 is 2.95 bits per heavy atom. The molecule has 0 aliphatic rings. The van der Waals surface area contributed by atoms with Gasteiger partial charge in [-0.3, -0.25) is 0 Å². The Bertz CT molecular complexity index is 726. The molecule has 0 radical (unpaired) electrons. The summed E-state index contributed by atoms with van der Waals surface area (Å²) < 4.78 is 0.548. The van der Waals surface area contributed by atoms with Gasteiger partial charge in [0, 0.05) is 22.1 Å². The molecule has 3 rings (SSSR count). The number of thiazole rings is 1. The molecule has 0 saturated carbocycles. The molecule has 2 N–H and O–H groups in total. The van der Waals surface area contributed by atoms with E-state index in [0.717, 1.165) is 21.3 Å². The molecule has 0 aliphatic carbocycles. The number of nitrogens with one attached hydrogen (secondary N) is 1. The molecule has 0 amide bonds. The lowest BCUT2D eigenvalue weighted by molar-refractivity contribution is 0.476. The number of benzene rings is 2. The van der Waals surface area contributed by atoms with Crippen molar-refractivity contribution < 1.29 is 5.11 Å². The number of phenols is 1. The average molecular weight is 291 g/mol. The molecule has 0 unspecified atom stereocenters. The highest BCUT2D eigenvalue weighted by atomic mass is 35.5. The van der Waals surface area contributed by atoms with Crippen molar-refractivity contribution in [3.8, 4) is 5.75 Å². The first kappa shape index (κ1) is 12.3. The zero-order valence-corrected chi connectivity index (χ0v) is 11.5. The van der Waals surface area contributed by atoms with E-state index < -0.39 is 0 Å². The Morgan fingerprint density at radius 1 is 1.26 bits per heavy atom. The number of fused-ring (bicyclic) bond motifs is 1. The molecule has 96 valence electrons. The number of anilines is 1. The van der Waals surface area contributed by atoms with Crippen molar-refractivity contribution >= 4 is 39.4 Å². The minimum atomic E-state index is 0.266. The second-order valence-corrected chi connectivity index (χ2v) is 5.84. The molecule has 2 aromatic carbocycles. The molecule has 1 aromatic heterocycles. The quantitative estimate of drug-likeness (QED) is 0.757. The highest BCUT2D eigenvalue weighted by Gasteiger charge is 2.03. The fourth-order valence-corrected chi connectivity index (χ4v) is 2.88. The van der Waals surface area contributed by atoms with Crippen molar-refractivity contribution in [3.05, 3.63) is 51.9 Å². The fourth-order valence-electron chi connectivity index (χ4n) is 1.96. The zero-order valence-electron chi connectivity index (χ0n) is 9.93. The van der Waals surface area contributed by atoms with Gasteiger partial charge >= 0.3 is 0 Å². The van der Waals surface area contributed by atoms with Crippen molar-refractivity contribution in [2.24, 2.45) is 0 Å². The predicted octanol–water partition coefficient (Wildman–Crippen LogP) is 4.27. The first-order valence-corrected chi connectivity index (χ1v) is 6.97. The summed E-state index contributed by atoms with van der Waals surface area (Å²) in [5.74, 6) is 0.266. The van der Waals surface area contributed by atoms with Crippen LogP contribution in [0.5, 0.6) is 5.75 Å². The Labute approximate surface area is 119 Å². The molecule has 0 atom stereocenters. The van der Waals surface area contributed by atoms with E-state index in [0.29, 0.717) is 11.0 Å². The molecule has 0 saturated heterocycles. The van der Waals surface area contributed by atoms with Crippen LogP contribution in [0.4, 0.5) is 5.69 Å². The van der Waals surface area contributed by atoms with Gasteiger partial charge in [-0.05, 0) is 23.6 Å². The Balaban J connectivity index is 1.90. The van der Waals surface area contributed by atoms with Crippen molar-refractivity contribution in [1.29, 1.82) is 0 Å². The Morgan fingerprint density at radius 2 is 2.16 bits per heavy atom. The van der Waals surface area contributed by atoms with E-state index >= 15 is 0 Å². The van der Waals surface area contributed by atoms with Crippen LogP contribution in [0.3, 0.4) is 0 Å². The van der Waals surface area contributed by atoms with Crippen LogP contribution in [-0.2, 0) is 6.54 Å². The smallest absolute Gasteiger partial charge is 0.183 e. The third-order valence-corrected chi connectivity index (χ3v) is 3.96. The molecule has 5 heteroatoms. The monoisotopic (exact) mass is 290 g/mol. The van der Waals surface area contributed by atoms with Crippen LogP contribution < -0.4 is 5.32 Å². The number of nitrogens with zero attached hydrogens (tertiary/aromatic N) is 1. The maximum atomic E-state index is 9.59. The number of aromatic nitrogens is 1. The van der Waals surface area contributed by atoms with Gasteiger partial charge in [-0.2, -0.15) is 0 Å². The van der Waals surface area contributed by atoms with Crippen LogP contribution in [0, 0.1) is 0 Å². The second-order valence-electron chi connectivity index (χ2n) is 4.14. The van der Waals surface area contributed by atoms with E-state index in [1.807, 2.05) is 24.3 Å². The first-order valence-electron chi connectivity index (χ1n) is 5.78. The number of halogens is 1. The molecule has 0 bridgehead atoms. The van der Waals surface area contributed by atoms with Gasteiger partial charge in [0.1, 0.15) is 5.75 Å². The van der Waals surface area contributed by atoms with Gasteiger partial charge in [0.15, 0.2) is 4.47 Å². The van der Waals surface area contributed by atoms with Gasteiger partial charge in [0.2, 0.25) is 0 Å². The number of phenolic OH excluding ortho intramolecular Hbond substituents is 1. The molecular formula is C14H11ClN2OS. The van der Waals surface area contributed by atoms with Crippen molar-refractivity contribution in [1.82, 2.24) is 4.98 Å². The normalized spacial score (nSPS) is 10.8. The zero-order chi connectivity index (χ0) is 13.2. The summed E-state index contributed by atoms with van der Waals surface area (Å²) in [5, 5.41) is 15.0. The van der Waals surface area contributed by atoms with Crippen LogP contribution >= 0.6 is 22.9 Å². The molecule has 0 aliphatic heterocycles. The molecule has 0 fully saturated rings. The van der Waals surface area contributed by atoms with Crippen molar-refractivity contribution in [3.63, 3.8) is 0 Å². The molecule has 19 heavy (non-hydrogen) atoms. The lowest BCUT2D eigenvalue weighted by Crippen LogP contribution is -1.97. The number of aromatic hydroxyl groups is 1. The first-order chi connectivity index (χ1) is 9.22. The second kappa shape index (κ2) is 5.07. The maximum Gasteiger partial charge on any atom is 0.183 e. The van der Waals surface area contributed by atoms with E-state index in [2.05, 4.69) is 10.3 Å². The van der Waals surface area contributed by atoms with Crippen LogP contribution in [0.15, 0.2) is 42.6 Å². The summed E-state index contributed by atoms with van der Waals surface area (Å²) in [5.41, 5.74) is 0.984. The Kier molecular flexibility index (Phi) is 3.27. The van der Waals surface area contributed by atoms with Crippen LogP contribution in [-0.4, -0.2) is 10.1 Å². The predicted molar refractivity (Wildman–Crippen MR) is 80.1 cm³/mol. The molecule has 3 aromatic rings. The highest BCUT2D eigenvalue weighted by Crippen LogP contribution is 2.28. The van der Waals surface area contributed by atoms with Crippen molar-refractivity contribution in [2.75, 3.05) is 5.32 Å². The minimum Gasteiger partial charge on any atom is -0.508 e. The van der Waals surface area contributed by atoms with E-state index in [-0.39, 0.29) is 5.75 Å². The third-order valence-electron chi connectivity index (χ3n) is 2.84. The molecular weight excluding hydrogens is 280 g/mol. The van der Waals surface area contributed by atoms with Gasteiger partial charge in [0.05, 0.1) is 6.54 Å². The van der Waals surface area contributed by atoms with Gasteiger partial charge in [0.25, 0.3) is 0 Å². The van der Waals surface area contributed by atoms with Gasteiger partial charge in [-0.15, -0.1) is 11.3 Å². The highest BCUT2D eigenvalue weighted by molar-refractivity contribution is 7.15. The molecule has 3 nitrogen and oxygen atoms in total. The van der Waals surface area contributed by atoms with Crippen LogP contribution in [0.1, 0.15) is 4.88 Å². The average Bonchev–Trinajstić information content (AvgIpc) is 2.82. The van der Waals surface area contributed by atoms with E-state index in [9.17, 15) is 5.11 Å². The maximum absolute atomic E-state index is 9.59. The third kappa shape index (κ3) is 2.64. The summed E-state index contributed by atoms with van der Waals surface area (Å²) in [4.78, 5) is 5.08. The van der Waals surface area contributed by atoms with Gasteiger partial charge in [-0.1, -0.05) is 29.8 Å². The van der Waals surface area contributed by atoms with Crippen LogP contribution in [0.25, 0.3) is 10.8 Å². The topological polar surface area (TPSA) is 45.1 Å². The van der Waals surface area contributed by atoms with E-state index in [1.165, 1.54) is 11.3 Å². The fraction of sp³-hybridized carbons (Fsp3) is 0.0714.